The van der Waals surface area contributed by atoms with E-state index in [4.69, 9.17) is 16.7 Å². The Kier molecular flexibility index (Phi) is 2.17. The van der Waals surface area contributed by atoms with Crippen LogP contribution in [0.1, 0.15) is 15.9 Å². The molecule has 0 unspecified atom stereocenters. The number of aromatic carboxylic acids is 1. The highest BCUT2D eigenvalue weighted by molar-refractivity contribution is 7.99. The first-order valence-electron chi connectivity index (χ1n) is 3.73. The fraction of sp³-hybridized carbons (Fsp3) is 0.250. The second-order valence-electron chi connectivity index (χ2n) is 2.67. The van der Waals surface area contributed by atoms with Gasteiger partial charge in [-0.1, -0.05) is 11.6 Å². The normalized spacial score (nSPS) is 14.2. The number of fused-ring (bicyclic) bond motifs is 1. The van der Waals surface area contributed by atoms with Crippen molar-refractivity contribution < 1.29 is 9.90 Å². The molecule has 2 heterocycles. The minimum atomic E-state index is -0.935. The van der Waals surface area contributed by atoms with E-state index in [9.17, 15) is 4.79 Å². The molecule has 3 nitrogen and oxygen atoms in total. The summed E-state index contributed by atoms with van der Waals surface area (Å²) in [6.07, 6.45) is 2.13. The lowest BCUT2D eigenvalue weighted by Gasteiger charge is -2.03. The van der Waals surface area contributed by atoms with Gasteiger partial charge < -0.3 is 5.11 Å². The second-order valence-corrected chi connectivity index (χ2v) is 4.14. The molecule has 1 aliphatic heterocycles. The van der Waals surface area contributed by atoms with E-state index < -0.39 is 5.97 Å². The third kappa shape index (κ3) is 1.40. The number of hydrogen-bond donors (Lipinski definition) is 1. The maximum absolute atomic E-state index is 10.8. The van der Waals surface area contributed by atoms with Gasteiger partial charge in [-0.25, -0.2) is 9.78 Å². The zero-order valence-electron chi connectivity index (χ0n) is 6.58. The Balaban J connectivity index is 2.62. The molecule has 0 aromatic carbocycles. The Morgan fingerprint density at radius 2 is 2.46 bits per heavy atom. The average molecular weight is 216 g/mol. The summed E-state index contributed by atoms with van der Waals surface area (Å²) in [5, 5.41) is 9.28. The molecule has 1 aromatic heterocycles. The summed E-state index contributed by atoms with van der Waals surface area (Å²) in [5.74, 6) is -0.0454. The highest BCUT2D eigenvalue weighted by atomic mass is 35.5. The van der Waals surface area contributed by atoms with Crippen LogP contribution < -0.4 is 0 Å². The Hall–Kier alpha value is -0.740. The van der Waals surface area contributed by atoms with Crippen molar-refractivity contribution in [1.29, 1.82) is 0 Å². The smallest absolute Gasteiger partial charge is 0.338 e. The van der Waals surface area contributed by atoms with Gasteiger partial charge in [0.1, 0.15) is 5.15 Å². The van der Waals surface area contributed by atoms with E-state index >= 15 is 0 Å². The summed E-state index contributed by atoms with van der Waals surface area (Å²) in [5.41, 5.74) is 1.15. The number of carboxylic acids is 1. The Bertz CT molecular complexity index is 381. The van der Waals surface area contributed by atoms with Crippen molar-refractivity contribution in [2.24, 2.45) is 0 Å². The maximum atomic E-state index is 10.8. The standard InChI is InChI=1S/C8H6ClNO2S/c9-7-4-1-2-13-6(4)5(3-10-7)8(11)12/h3H,1-2H2,(H,11,12). The van der Waals surface area contributed by atoms with Gasteiger partial charge in [0.15, 0.2) is 0 Å². The van der Waals surface area contributed by atoms with Crippen LogP contribution in [0.3, 0.4) is 0 Å². The van der Waals surface area contributed by atoms with Gasteiger partial charge in [-0.05, 0) is 6.42 Å². The van der Waals surface area contributed by atoms with E-state index in [0.29, 0.717) is 5.15 Å². The lowest BCUT2D eigenvalue weighted by molar-refractivity contribution is 0.0692. The minimum Gasteiger partial charge on any atom is -0.478 e. The number of carboxylic acid groups (broad SMARTS) is 1. The van der Waals surface area contributed by atoms with Gasteiger partial charge in [-0.3, -0.25) is 0 Å². The van der Waals surface area contributed by atoms with Crippen LogP contribution >= 0.6 is 23.4 Å². The molecule has 68 valence electrons. The number of halogens is 1. The zero-order chi connectivity index (χ0) is 9.42. The van der Waals surface area contributed by atoms with E-state index in [1.54, 1.807) is 0 Å². The summed E-state index contributed by atoms with van der Waals surface area (Å²) in [4.78, 5) is 15.4. The SMILES string of the molecule is O=C(O)c1cnc(Cl)c2c1SCC2. The van der Waals surface area contributed by atoms with Crippen LogP contribution in [0.2, 0.25) is 5.15 Å². The highest BCUT2D eigenvalue weighted by Gasteiger charge is 2.22. The maximum Gasteiger partial charge on any atom is 0.338 e. The van der Waals surface area contributed by atoms with E-state index in [1.807, 2.05) is 0 Å². The van der Waals surface area contributed by atoms with Crippen molar-refractivity contribution in [3.8, 4) is 0 Å². The Labute approximate surface area is 84.1 Å². The van der Waals surface area contributed by atoms with Crippen molar-refractivity contribution in [3.05, 3.63) is 22.5 Å². The first-order chi connectivity index (χ1) is 6.20. The fourth-order valence-electron chi connectivity index (χ4n) is 1.30. The zero-order valence-corrected chi connectivity index (χ0v) is 8.15. The predicted octanol–water partition coefficient (Wildman–Crippen LogP) is 2.08. The van der Waals surface area contributed by atoms with E-state index in [0.717, 1.165) is 22.6 Å². The molecule has 0 atom stereocenters. The van der Waals surface area contributed by atoms with Crippen LogP contribution in [-0.4, -0.2) is 21.8 Å². The predicted molar refractivity (Wildman–Crippen MR) is 50.6 cm³/mol. The summed E-state index contributed by atoms with van der Waals surface area (Å²) in [7, 11) is 0. The molecule has 2 rings (SSSR count). The fourth-order valence-corrected chi connectivity index (χ4v) is 2.78. The third-order valence-corrected chi connectivity index (χ3v) is 3.39. The van der Waals surface area contributed by atoms with Crippen molar-refractivity contribution in [2.45, 2.75) is 11.3 Å². The molecule has 0 aliphatic carbocycles. The Morgan fingerprint density at radius 1 is 1.69 bits per heavy atom. The van der Waals surface area contributed by atoms with Crippen LogP contribution in [0.15, 0.2) is 11.1 Å². The van der Waals surface area contributed by atoms with Crippen molar-refractivity contribution in [1.82, 2.24) is 4.98 Å². The first kappa shape index (κ1) is 8.84. The summed E-state index contributed by atoms with van der Waals surface area (Å²) in [6.45, 7) is 0. The van der Waals surface area contributed by atoms with Gasteiger partial charge in [0.25, 0.3) is 0 Å². The molecule has 0 saturated heterocycles. The molecule has 0 radical (unpaired) electrons. The molecule has 1 aromatic rings. The Morgan fingerprint density at radius 3 is 3.15 bits per heavy atom. The van der Waals surface area contributed by atoms with Crippen molar-refractivity contribution >= 4 is 29.3 Å². The molecule has 0 amide bonds. The van der Waals surface area contributed by atoms with Crippen LogP contribution in [0, 0.1) is 0 Å². The summed E-state index contributed by atoms with van der Waals surface area (Å²) < 4.78 is 0. The van der Waals surface area contributed by atoms with E-state index in [-0.39, 0.29) is 5.56 Å². The first-order valence-corrected chi connectivity index (χ1v) is 5.10. The number of nitrogens with zero attached hydrogens (tertiary/aromatic N) is 1. The number of thioether (sulfide) groups is 1. The third-order valence-electron chi connectivity index (χ3n) is 1.90. The number of carbonyl (C=O) groups is 1. The van der Waals surface area contributed by atoms with Gasteiger partial charge in [-0.2, -0.15) is 0 Å². The average Bonchev–Trinajstić information content (AvgIpc) is 2.53. The lowest BCUT2D eigenvalue weighted by atomic mass is 10.2. The number of hydrogen-bond acceptors (Lipinski definition) is 3. The molecule has 0 bridgehead atoms. The van der Waals surface area contributed by atoms with Gasteiger partial charge in [0.2, 0.25) is 0 Å². The van der Waals surface area contributed by atoms with Crippen LogP contribution in [0.25, 0.3) is 0 Å². The van der Waals surface area contributed by atoms with Crippen molar-refractivity contribution in [3.63, 3.8) is 0 Å². The molecule has 0 fully saturated rings. The minimum absolute atomic E-state index is 0.266. The molecule has 5 heteroatoms. The monoisotopic (exact) mass is 215 g/mol. The topological polar surface area (TPSA) is 50.2 Å². The van der Waals surface area contributed by atoms with Crippen LogP contribution in [0.5, 0.6) is 0 Å². The molecular formula is C8H6ClNO2S. The van der Waals surface area contributed by atoms with E-state index in [1.165, 1.54) is 18.0 Å². The van der Waals surface area contributed by atoms with Crippen LogP contribution in [0.4, 0.5) is 0 Å². The molecule has 0 saturated carbocycles. The summed E-state index contributed by atoms with van der Waals surface area (Å²) >= 11 is 7.36. The quantitative estimate of drug-likeness (QED) is 0.729. The van der Waals surface area contributed by atoms with E-state index in [2.05, 4.69) is 4.98 Å². The molecule has 1 N–H and O–H groups in total. The summed E-state index contributed by atoms with van der Waals surface area (Å²) in [6, 6.07) is 0. The highest BCUT2D eigenvalue weighted by Crippen LogP contribution is 2.37. The lowest BCUT2D eigenvalue weighted by Crippen LogP contribution is -2.01. The molecular weight excluding hydrogens is 210 g/mol. The number of rotatable bonds is 1. The number of pyridine rings is 1. The second kappa shape index (κ2) is 3.20. The van der Waals surface area contributed by atoms with Gasteiger partial charge >= 0.3 is 5.97 Å². The van der Waals surface area contributed by atoms with Crippen LogP contribution in [-0.2, 0) is 6.42 Å². The van der Waals surface area contributed by atoms with Crippen molar-refractivity contribution in [2.75, 3.05) is 5.75 Å². The number of aromatic nitrogens is 1. The molecule has 0 spiro atoms. The van der Waals surface area contributed by atoms with Gasteiger partial charge in [-0.15, -0.1) is 11.8 Å². The molecule has 1 aliphatic rings. The van der Waals surface area contributed by atoms with Gasteiger partial charge in [0, 0.05) is 22.4 Å². The van der Waals surface area contributed by atoms with Gasteiger partial charge in [0.05, 0.1) is 5.56 Å². The molecule has 13 heavy (non-hydrogen) atoms. The largest absolute Gasteiger partial charge is 0.478 e.